The van der Waals surface area contributed by atoms with Crippen LogP contribution in [0.25, 0.3) is 0 Å². The van der Waals surface area contributed by atoms with Gasteiger partial charge in [0.15, 0.2) is 0 Å². The molecule has 0 fully saturated rings. The average Bonchev–Trinajstić information content (AvgIpc) is 2.00. The number of hydrogen-bond acceptors (Lipinski definition) is 0. The molecule has 0 aromatic rings. The van der Waals surface area contributed by atoms with Crippen LogP contribution in [-0.2, 0) is 0 Å². The van der Waals surface area contributed by atoms with Crippen LogP contribution in [0.1, 0.15) is 47.0 Å². The molecule has 1 atom stereocenters. The summed E-state index contributed by atoms with van der Waals surface area (Å²) in [6.07, 6.45) is 9.25. The van der Waals surface area contributed by atoms with Crippen LogP contribution in [-0.4, -0.2) is 0 Å². The highest BCUT2D eigenvalue weighted by molar-refractivity contribution is 5.02. The Bertz CT molecular complexity index is 137. The lowest BCUT2D eigenvalue weighted by Gasteiger charge is -2.25. The fourth-order valence-electron chi connectivity index (χ4n) is 1.01. The smallest absolute Gasteiger partial charge is 0.0281 e. The highest BCUT2D eigenvalue weighted by Crippen LogP contribution is 2.29. The molecule has 0 nitrogen and oxygen atoms in total. The SMILES string of the molecule is C#CC(C)(C)C(C)CCCC. The first-order chi connectivity index (χ1) is 5.04. The molecule has 0 aliphatic rings. The molecule has 0 aliphatic carbocycles. The van der Waals surface area contributed by atoms with Crippen molar-refractivity contribution in [1.29, 1.82) is 0 Å². The zero-order valence-electron chi connectivity index (χ0n) is 8.28. The van der Waals surface area contributed by atoms with E-state index in [2.05, 4.69) is 33.6 Å². The maximum absolute atomic E-state index is 5.43. The number of unbranched alkanes of at least 4 members (excludes halogenated alkanes) is 1. The quantitative estimate of drug-likeness (QED) is 0.541. The Morgan fingerprint density at radius 2 is 2.00 bits per heavy atom. The number of rotatable bonds is 4. The van der Waals surface area contributed by atoms with E-state index in [0.717, 1.165) is 0 Å². The standard InChI is InChI=1S/C11H20/c1-6-8-9-10(3)11(4,5)7-2/h2,10H,6,8-9H2,1,3-5H3. The van der Waals surface area contributed by atoms with E-state index in [4.69, 9.17) is 6.42 Å². The molecule has 0 amide bonds. The Labute approximate surface area is 71.4 Å². The molecule has 0 rings (SSSR count). The molecule has 64 valence electrons. The summed E-state index contributed by atoms with van der Waals surface area (Å²) in [5.74, 6) is 3.50. The van der Waals surface area contributed by atoms with E-state index >= 15 is 0 Å². The maximum Gasteiger partial charge on any atom is 0.0281 e. The Hall–Kier alpha value is -0.440. The van der Waals surface area contributed by atoms with Crippen molar-refractivity contribution in [3.05, 3.63) is 0 Å². The van der Waals surface area contributed by atoms with Crippen LogP contribution < -0.4 is 0 Å². The molecule has 0 heteroatoms. The third-order valence-electron chi connectivity index (χ3n) is 2.59. The number of terminal acetylenes is 1. The van der Waals surface area contributed by atoms with Crippen molar-refractivity contribution in [3.63, 3.8) is 0 Å². The summed E-state index contributed by atoms with van der Waals surface area (Å²) in [5, 5.41) is 0. The monoisotopic (exact) mass is 152 g/mol. The zero-order chi connectivity index (χ0) is 8.91. The summed E-state index contributed by atoms with van der Waals surface area (Å²) in [7, 11) is 0. The molecule has 0 saturated heterocycles. The van der Waals surface area contributed by atoms with Gasteiger partial charge in [0, 0.05) is 5.41 Å². The Morgan fingerprint density at radius 1 is 1.45 bits per heavy atom. The molecule has 0 heterocycles. The third-order valence-corrected chi connectivity index (χ3v) is 2.59. The molecule has 0 spiro atoms. The minimum Gasteiger partial charge on any atom is -0.120 e. The van der Waals surface area contributed by atoms with Gasteiger partial charge in [-0.25, -0.2) is 0 Å². The Morgan fingerprint density at radius 3 is 2.36 bits per heavy atom. The molecule has 0 aliphatic heterocycles. The maximum atomic E-state index is 5.43. The highest BCUT2D eigenvalue weighted by atomic mass is 14.2. The summed E-state index contributed by atoms with van der Waals surface area (Å²) in [4.78, 5) is 0. The van der Waals surface area contributed by atoms with Gasteiger partial charge in [-0.2, -0.15) is 0 Å². The van der Waals surface area contributed by atoms with Gasteiger partial charge in [-0.3, -0.25) is 0 Å². The van der Waals surface area contributed by atoms with E-state index in [0.29, 0.717) is 5.92 Å². The molecule has 0 aromatic carbocycles. The zero-order valence-corrected chi connectivity index (χ0v) is 8.28. The van der Waals surface area contributed by atoms with Crippen LogP contribution in [0.4, 0.5) is 0 Å². The van der Waals surface area contributed by atoms with Crippen LogP contribution >= 0.6 is 0 Å². The second-order valence-electron chi connectivity index (χ2n) is 3.91. The van der Waals surface area contributed by atoms with Crippen molar-refractivity contribution in [1.82, 2.24) is 0 Å². The van der Waals surface area contributed by atoms with Gasteiger partial charge in [-0.15, -0.1) is 12.3 Å². The Balaban J connectivity index is 3.83. The minimum absolute atomic E-state index is 0.0785. The predicted octanol–water partition coefficient (Wildman–Crippen LogP) is 3.47. The van der Waals surface area contributed by atoms with E-state index in [9.17, 15) is 0 Å². The first-order valence-electron chi connectivity index (χ1n) is 4.52. The summed E-state index contributed by atoms with van der Waals surface area (Å²) >= 11 is 0. The van der Waals surface area contributed by atoms with Crippen LogP contribution in [0.5, 0.6) is 0 Å². The van der Waals surface area contributed by atoms with Crippen LogP contribution in [0, 0.1) is 23.7 Å². The van der Waals surface area contributed by atoms with Gasteiger partial charge in [0.1, 0.15) is 0 Å². The molecule has 0 bridgehead atoms. The first kappa shape index (κ1) is 10.6. The molecule has 0 radical (unpaired) electrons. The second-order valence-corrected chi connectivity index (χ2v) is 3.91. The van der Waals surface area contributed by atoms with E-state index in [1.54, 1.807) is 0 Å². The van der Waals surface area contributed by atoms with Crippen molar-refractivity contribution in [2.45, 2.75) is 47.0 Å². The number of hydrogen-bond donors (Lipinski definition) is 0. The second kappa shape index (κ2) is 4.44. The molecule has 0 aromatic heterocycles. The summed E-state index contributed by atoms with van der Waals surface area (Å²) < 4.78 is 0. The van der Waals surface area contributed by atoms with E-state index in [1.165, 1.54) is 19.3 Å². The average molecular weight is 152 g/mol. The molecule has 0 saturated carbocycles. The summed E-state index contributed by atoms with van der Waals surface area (Å²) in [6.45, 7) is 8.76. The first-order valence-corrected chi connectivity index (χ1v) is 4.52. The van der Waals surface area contributed by atoms with Gasteiger partial charge in [-0.05, 0) is 26.2 Å². The van der Waals surface area contributed by atoms with Gasteiger partial charge in [0.05, 0.1) is 0 Å². The lowest BCUT2D eigenvalue weighted by Crippen LogP contribution is -2.19. The van der Waals surface area contributed by atoms with Crippen LogP contribution in [0.3, 0.4) is 0 Å². The van der Waals surface area contributed by atoms with E-state index in [1.807, 2.05) is 0 Å². The van der Waals surface area contributed by atoms with Gasteiger partial charge in [-0.1, -0.05) is 26.7 Å². The molecular weight excluding hydrogens is 132 g/mol. The summed E-state index contributed by atoms with van der Waals surface area (Å²) in [6, 6.07) is 0. The van der Waals surface area contributed by atoms with E-state index < -0.39 is 0 Å². The molecule has 1 unspecified atom stereocenters. The lowest BCUT2D eigenvalue weighted by molar-refractivity contribution is 0.297. The fraction of sp³-hybridized carbons (Fsp3) is 0.818. The topological polar surface area (TPSA) is 0 Å². The van der Waals surface area contributed by atoms with Gasteiger partial charge in [0.25, 0.3) is 0 Å². The third kappa shape index (κ3) is 3.46. The van der Waals surface area contributed by atoms with Gasteiger partial charge < -0.3 is 0 Å². The van der Waals surface area contributed by atoms with E-state index in [-0.39, 0.29) is 5.41 Å². The minimum atomic E-state index is 0.0785. The van der Waals surface area contributed by atoms with Crippen LogP contribution in [0.15, 0.2) is 0 Å². The van der Waals surface area contributed by atoms with Crippen LogP contribution in [0.2, 0.25) is 0 Å². The fourth-order valence-corrected chi connectivity index (χ4v) is 1.01. The molecule has 11 heavy (non-hydrogen) atoms. The van der Waals surface area contributed by atoms with Crippen molar-refractivity contribution >= 4 is 0 Å². The predicted molar refractivity (Wildman–Crippen MR) is 51.3 cm³/mol. The Kier molecular flexibility index (Phi) is 4.26. The largest absolute Gasteiger partial charge is 0.120 e. The van der Waals surface area contributed by atoms with Crippen molar-refractivity contribution in [2.24, 2.45) is 11.3 Å². The van der Waals surface area contributed by atoms with Gasteiger partial charge >= 0.3 is 0 Å². The van der Waals surface area contributed by atoms with Crippen molar-refractivity contribution in [3.8, 4) is 12.3 Å². The van der Waals surface area contributed by atoms with Crippen molar-refractivity contribution < 1.29 is 0 Å². The lowest BCUT2D eigenvalue weighted by atomic mass is 9.78. The normalized spacial score (nSPS) is 14.1. The van der Waals surface area contributed by atoms with Gasteiger partial charge in [0.2, 0.25) is 0 Å². The molecular formula is C11H20. The highest BCUT2D eigenvalue weighted by Gasteiger charge is 2.21. The molecule has 0 N–H and O–H groups in total. The summed E-state index contributed by atoms with van der Waals surface area (Å²) in [5.41, 5.74) is 0.0785. The van der Waals surface area contributed by atoms with Crippen molar-refractivity contribution in [2.75, 3.05) is 0 Å².